The molecule has 5 heteroatoms. The number of aryl methyl sites for hydroxylation is 1. The van der Waals surface area contributed by atoms with Crippen molar-refractivity contribution in [1.29, 1.82) is 0 Å². The molecule has 3 aromatic rings. The number of fused-ring (bicyclic) bond motifs is 1. The molecule has 0 aliphatic carbocycles. The van der Waals surface area contributed by atoms with E-state index in [-0.39, 0.29) is 5.41 Å². The van der Waals surface area contributed by atoms with Gasteiger partial charge in [-0.2, -0.15) is 0 Å². The fourth-order valence-electron chi connectivity index (χ4n) is 3.55. The summed E-state index contributed by atoms with van der Waals surface area (Å²) in [5.41, 5.74) is 3.25. The monoisotopic (exact) mass is 389 g/mol. The second-order valence-electron chi connectivity index (χ2n) is 8.01. The lowest BCUT2D eigenvalue weighted by atomic mass is 9.86. The molecule has 0 bridgehead atoms. The zero-order valence-electron chi connectivity index (χ0n) is 16.5. The van der Waals surface area contributed by atoms with Gasteiger partial charge in [-0.3, -0.25) is 4.98 Å². The maximum Gasteiger partial charge on any atom is 0.174 e. The average molecular weight is 390 g/mol. The maximum atomic E-state index is 10.7. The standard InChI is InChI=1S/C23H23N3OS/c1-16-14-25-21(28-16)23(4,27)10-7-17-5-6-19-20(13-17)26(15-22(19,2)3)18-8-11-24-12-9-18/h5-6,8-9,11-14,27H,15H2,1-4H3. The quantitative estimate of drug-likeness (QED) is 0.654. The summed E-state index contributed by atoms with van der Waals surface area (Å²) < 4.78 is 0. The van der Waals surface area contributed by atoms with Crippen LogP contribution in [0.2, 0.25) is 0 Å². The molecule has 1 unspecified atom stereocenters. The van der Waals surface area contributed by atoms with E-state index in [1.807, 2.05) is 37.5 Å². The number of aliphatic hydroxyl groups is 1. The fourth-order valence-corrected chi connectivity index (χ4v) is 4.32. The Labute approximate surface area is 169 Å². The number of pyridine rings is 1. The average Bonchev–Trinajstić information content (AvgIpc) is 3.22. The second kappa shape index (κ2) is 6.73. The Morgan fingerprint density at radius 3 is 2.64 bits per heavy atom. The van der Waals surface area contributed by atoms with Crippen molar-refractivity contribution in [3.63, 3.8) is 0 Å². The Morgan fingerprint density at radius 2 is 1.96 bits per heavy atom. The van der Waals surface area contributed by atoms with Crippen LogP contribution in [0.3, 0.4) is 0 Å². The van der Waals surface area contributed by atoms with Gasteiger partial charge in [0.25, 0.3) is 0 Å². The molecule has 1 aliphatic heterocycles. The highest BCUT2D eigenvalue weighted by Gasteiger charge is 2.35. The highest BCUT2D eigenvalue weighted by Crippen LogP contribution is 2.44. The van der Waals surface area contributed by atoms with Gasteiger partial charge in [0, 0.05) is 52.4 Å². The highest BCUT2D eigenvalue weighted by atomic mass is 32.1. The van der Waals surface area contributed by atoms with Gasteiger partial charge in [0.05, 0.1) is 0 Å². The molecule has 1 aliphatic rings. The van der Waals surface area contributed by atoms with Crippen LogP contribution in [0.15, 0.2) is 48.9 Å². The fraction of sp³-hybridized carbons (Fsp3) is 0.304. The molecule has 0 radical (unpaired) electrons. The Balaban J connectivity index is 1.71. The second-order valence-corrected chi connectivity index (χ2v) is 9.24. The van der Waals surface area contributed by atoms with E-state index < -0.39 is 5.60 Å². The van der Waals surface area contributed by atoms with Gasteiger partial charge >= 0.3 is 0 Å². The van der Waals surface area contributed by atoms with Crippen molar-refractivity contribution in [2.24, 2.45) is 0 Å². The molecular formula is C23H23N3OS. The lowest BCUT2D eigenvalue weighted by Crippen LogP contribution is -2.24. The zero-order chi connectivity index (χ0) is 19.9. The first-order valence-electron chi connectivity index (χ1n) is 9.27. The number of hydrogen-bond donors (Lipinski definition) is 1. The van der Waals surface area contributed by atoms with Crippen LogP contribution in [-0.2, 0) is 11.0 Å². The lowest BCUT2D eigenvalue weighted by Gasteiger charge is -2.22. The van der Waals surface area contributed by atoms with Gasteiger partial charge in [0.1, 0.15) is 5.01 Å². The number of nitrogens with zero attached hydrogens (tertiary/aromatic N) is 3. The number of hydrogen-bond acceptors (Lipinski definition) is 5. The van der Waals surface area contributed by atoms with E-state index in [0.29, 0.717) is 5.01 Å². The minimum absolute atomic E-state index is 0.0501. The van der Waals surface area contributed by atoms with Gasteiger partial charge in [-0.1, -0.05) is 31.8 Å². The van der Waals surface area contributed by atoms with Crippen LogP contribution in [0.1, 0.15) is 41.8 Å². The molecule has 0 saturated heterocycles. The van der Waals surface area contributed by atoms with E-state index in [4.69, 9.17) is 0 Å². The minimum atomic E-state index is -1.26. The Morgan fingerprint density at radius 1 is 1.21 bits per heavy atom. The van der Waals surface area contributed by atoms with E-state index in [9.17, 15) is 5.11 Å². The highest BCUT2D eigenvalue weighted by molar-refractivity contribution is 7.11. The van der Waals surface area contributed by atoms with Gasteiger partial charge in [0.15, 0.2) is 5.60 Å². The largest absolute Gasteiger partial charge is 0.371 e. The molecule has 2 aromatic heterocycles. The first-order valence-corrected chi connectivity index (χ1v) is 10.1. The van der Waals surface area contributed by atoms with Crippen LogP contribution < -0.4 is 4.90 Å². The summed E-state index contributed by atoms with van der Waals surface area (Å²) in [4.78, 5) is 11.8. The smallest absolute Gasteiger partial charge is 0.174 e. The van der Waals surface area contributed by atoms with Crippen molar-refractivity contribution >= 4 is 22.7 Å². The summed E-state index contributed by atoms with van der Waals surface area (Å²) in [5.74, 6) is 6.15. The van der Waals surface area contributed by atoms with E-state index in [2.05, 4.69) is 52.7 Å². The summed E-state index contributed by atoms with van der Waals surface area (Å²) in [5, 5.41) is 11.3. The molecule has 0 spiro atoms. The lowest BCUT2D eigenvalue weighted by molar-refractivity contribution is 0.122. The molecule has 0 amide bonds. The number of aromatic nitrogens is 2. The van der Waals surface area contributed by atoms with Crippen LogP contribution in [0.5, 0.6) is 0 Å². The van der Waals surface area contributed by atoms with Crippen molar-refractivity contribution in [3.05, 3.63) is 69.9 Å². The Kier molecular flexibility index (Phi) is 4.49. The molecule has 0 fully saturated rings. The Bertz CT molecular complexity index is 1070. The molecule has 1 atom stereocenters. The summed E-state index contributed by atoms with van der Waals surface area (Å²) in [6.07, 6.45) is 5.40. The molecule has 4 nitrogen and oxygen atoms in total. The molecular weight excluding hydrogens is 366 g/mol. The van der Waals surface area contributed by atoms with Gasteiger partial charge in [-0.15, -0.1) is 11.3 Å². The summed E-state index contributed by atoms with van der Waals surface area (Å²) >= 11 is 1.47. The minimum Gasteiger partial charge on any atom is -0.371 e. The van der Waals surface area contributed by atoms with Crippen LogP contribution >= 0.6 is 11.3 Å². The van der Waals surface area contributed by atoms with Gasteiger partial charge in [-0.05, 0) is 43.7 Å². The number of thiazole rings is 1. The predicted molar refractivity (Wildman–Crippen MR) is 114 cm³/mol. The number of anilines is 2. The molecule has 0 saturated carbocycles. The van der Waals surface area contributed by atoms with Crippen LogP contribution in [0.25, 0.3) is 0 Å². The van der Waals surface area contributed by atoms with Crippen molar-refractivity contribution in [2.75, 3.05) is 11.4 Å². The van der Waals surface area contributed by atoms with Crippen LogP contribution in [0.4, 0.5) is 11.4 Å². The van der Waals surface area contributed by atoms with Gasteiger partial charge in [0.2, 0.25) is 0 Å². The normalized spacial score (nSPS) is 16.8. The van der Waals surface area contributed by atoms with Crippen molar-refractivity contribution in [2.45, 2.75) is 38.7 Å². The molecule has 3 heterocycles. The Hall–Kier alpha value is -2.68. The third-order valence-electron chi connectivity index (χ3n) is 5.03. The predicted octanol–water partition coefficient (Wildman–Crippen LogP) is 4.54. The SMILES string of the molecule is Cc1cnc(C(C)(O)C#Cc2ccc3c(c2)N(c2ccncc2)CC3(C)C)s1. The first-order chi connectivity index (χ1) is 13.3. The van der Waals surface area contributed by atoms with Gasteiger partial charge < -0.3 is 10.0 Å². The van der Waals surface area contributed by atoms with E-state index in [1.165, 1.54) is 16.9 Å². The van der Waals surface area contributed by atoms with Crippen LogP contribution in [0, 0.1) is 18.8 Å². The third-order valence-corrected chi connectivity index (χ3v) is 6.16. The zero-order valence-corrected chi connectivity index (χ0v) is 17.3. The topological polar surface area (TPSA) is 49.3 Å². The van der Waals surface area contributed by atoms with Crippen molar-refractivity contribution < 1.29 is 5.11 Å². The molecule has 142 valence electrons. The molecule has 4 rings (SSSR count). The number of rotatable bonds is 2. The third kappa shape index (κ3) is 3.42. The van der Waals surface area contributed by atoms with Crippen molar-refractivity contribution in [1.82, 2.24) is 9.97 Å². The first kappa shape index (κ1) is 18.7. The molecule has 1 aromatic carbocycles. The molecule has 28 heavy (non-hydrogen) atoms. The van der Waals surface area contributed by atoms with Gasteiger partial charge in [-0.25, -0.2) is 4.98 Å². The summed E-state index contributed by atoms with van der Waals surface area (Å²) in [6, 6.07) is 10.4. The van der Waals surface area contributed by atoms with Crippen LogP contribution in [-0.4, -0.2) is 21.6 Å². The van der Waals surface area contributed by atoms with E-state index in [0.717, 1.165) is 28.4 Å². The van der Waals surface area contributed by atoms with Crippen molar-refractivity contribution in [3.8, 4) is 11.8 Å². The summed E-state index contributed by atoms with van der Waals surface area (Å²) in [7, 11) is 0. The maximum absolute atomic E-state index is 10.7. The number of benzene rings is 1. The van der Waals surface area contributed by atoms with E-state index >= 15 is 0 Å². The summed E-state index contributed by atoms with van der Waals surface area (Å²) in [6.45, 7) is 9.08. The van der Waals surface area contributed by atoms with E-state index in [1.54, 1.807) is 13.1 Å². The molecule has 1 N–H and O–H groups in total.